The molecule has 0 radical (unpaired) electrons. The molecule has 4 rings (SSSR count). The van der Waals surface area contributed by atoms with Gasteiger partial charge in [-0.15, -0.1) is 10.2 Å². The Morgan fingerprint density at radius 1 is 1.00 bits per heavy atom. The van der Waals surface area contributed by atoms with Crippen molar-refractivity contribution in [2.75, 3.05) is 0 Å². The van der Waals surface area contributed by atoms with Crippen molar-refractivity contribution in [3.8, 4) is 5.69 Å². The first-order valence-corrected chi connectivity index (χ1v) is 9.11. The first kappa shape index (κ1) is 18.0. The van der Waals surface area contributed by atoms with E-state index in [1.807, 2.05) is 68.4 Å². The summed E-state index contributed by atoms with van der Waals surface area (Å²) >= 11 is 0. The zero-order valence-electron chi connectivity index (χ0n) is 15.8. The van der Waals surface area contributed by atoms with Crippen LogP contribution in [-0.2, 0) is 13.0 Å². The highest BCUT2D eigenvalue weighted by molar-refractivity contribution is 5.40. The summed E-state index contributed by atoms with van der Waals surface area (Å²) in [6.07, 6.45) is -0.311. The van der Waals surface area contributed by atoms with Gasteiger partial charge in [0, 0.05) is 6.42 Å². The van der Waals surface area contributed by atoms with Gasteiger partial charge >= 0.3 is 0 Å². The van der Waals surface area contributed by atoms with Crippen molar-refractivity contribution in [3.63, 3.8) is 0 Å². The predicted molar refractivity (Wildman–Crippen MR) is 103 cm³/mol. The zero-order chi connectivity index (χ0) is 19.5. The first-order chi connectivity index (χ1) is 13.6. The smallest absolute Gasteiger partial charge is 0.184 e. The minimum Gasteiger partial charge on any atom is -0.380 e. The fraction of sp³-hybridized carbons (Fsp3) is 0.250. The second kappa shape index (κ2) is 7.69. The van der Waals surface area contributed by atoms with Crippen LogP contribution in [0.5, 0.6) is 0 Å². The largest absolute Gasteiger partial charge is 0.380 e. The maximum atomic E-state index is 10.8. The maximum Gasteiger partial charge on any atom is 0.184 e. The molecule has 0 spiro atoms. The van der Waals surface area contributed by atoms with Gasteiger partial charge in [0.2, 0.25) is 0 Å². The number of rotatable bonds is 6. The molecule has 0 aliphatic carbocycles. The van der Waals surface area contributed by atoms with E-state index < -0.39 is 6.10 Å². The van der Waals surface area contributed by atoms with E-state index in [4.69, 9.17) is 0 Å². The number of hydrogen-bond acceptors (Lipinski definition) is 6. The molecule has 0 amide bonds. The number of tetrazole rings is 1. The van der Waals surface area contributed by atoms with Crippen molar-refractivity contribution < 1.29 is 5.11 Å². The Hall–Kier alpha value is -3.39. The Labute approximate surface area is 162 Å². The number of benzene rings is 2. The van der Waals surface area contributed by atoms with Gasteiger partial charge in [0.1, 0.15) is 17.8 Å². The molecule has 1 N–H and O–H groups in total. The number of aliphatic hydroxyl groups is 1. The number of para-hydroxylation sites is 1. The molecule has 28 heavy (non-hydrogen) atoms. The van der Waals surface area contributed by atoms with E-state index in [2.05, 4.69) is 25.6 Å². The van der Waals surface area contributed by atoms with Crippen LogP contribution in [0.2, 0.25) is 0 Å². The summed E-state index contributed by atoms with van der Waals surface area (Å²) in [5.41, 5.74) is 2.77. The molecular weight excluding hydrogens is 354 g/mol. The number of aryl methyl sites for hydroxylation is 4. The molecule has 0 aliphatic rings. The second-order valence-electron chi connectivity index (χ2n) is 6.60. The molecule has 0 bridgehead atoms. The SMILES string of the molecule is Cc1ccccc1-n1nc([C@H](O)c2ccccc2)nc1CCn1nnnc1C. The minimum absolute atomic E-state index is 0.373. The van der Waals surface area contributed by atoms with Crippen molar-refractivity contribution in [1.82, 2.24) is 35.0 Å². The van der Waals surface area contributed by atoms with E-state index in [-0.39, 0.29) is 0 Å². The lowest BCUT2D eigenvalue weighted by molar-refractivity contribution is 0.210. The number of hydrogen-bond donors (Lipinski definition) is 1. The molecule has 142 valence electrons. The third kappa shape index (κ3) is 3.54. The summed E-state index contributed by atoms with van der Waals surface area (Å²) in [6.45, 7) is 4.46. The van der Waals surface area contributed by atoms with Crippen LogP contribution in [0.4, 0.5) is 0 Å². The van der Waals surface area contributed by atoms with Gasteiger partial charge in [-0.2, -0.15) is 0 Å². The van der Waals surface area contributed by atoms with Gasteiger partial charge in [-0.05, 0) is 41.5 Å². The molecule has 0 unspecified atom stereocenters. The van der Waals surface area contributed by atoms with Gasteiger partial charge in [0.15, 0.2) is 5.82 Å². The molecule has 0 aliphatic heterocycles. The van der Waals surface area contributed by atoms with E-state index >= 15 is 0 Å². The monoisotopic (exact) mass is 375 g/mol. The third-order valence-corrected chi connectivity index (χ3v) is 4.65. The van der Waals surface area contributed by atoms with Gasteiger partial charge in [-0.3, -0.25) is 0 Å². The van der Waals surface area contributed by atoms with E-state index in [9.17, 15) is 5.11 Å². The third-order valence-electron chi connectivity index (χ3n) is 4.65. The molecule has 2 heterocycles. The van der Waals surface area contributed by atoms with Crippen LogP contribution in [-0.4, -0.2) is 40.1 Å². The van der Waals surface area contributed by atoms with Crippen molar-refractivity contribution in [2.24, 2.45) is 0 Å². The normalized spacial score (nSPS) is 12.2. The van der Waals surface area contributed by atoms with Crippen LogP contribution in [0.3, 0.4) is 0 Å². The van der Waals surface area contributed by atoms with Crippen molar-refractivity contribution in [2.45, 2.75) is 32.9 Å². The van der Waals surface area contributed by atoms with Crippen molar-refractivity contribution in [1.29, 1.82) is 0 Å². The average molecular weight is 375 g/mol. The molecule has 0 fully saturated rings. The van der Waals surface area contributed by atoms with Crippen molar-refractivity contribution in [3.05, 3.63) is 83.2 Å². The maximum absolute atomic E-state index is 10.8. The lowest BCUT2D eigenvalue weighted by atomic mass is 10.1. The fourth-order valence-corrected chi connectivity index (χ4v) is 3.08. The molecule has 8 heteroatoms. The first-order valence-electron chi connectivity index (χ1n) is 9.11. The Morgan fingerprint density at radius 3 is 2.46 bits per heavy atom. The van der Waals surface area contributed by atoms with E-state index in [1.165, 1.54) is 0 Å². The van der Waals surface area contributed by atoms with Gasteiger partial charge < -0.3 is 5.11 Å². The molecular formula is C20H21N7O. The highest BCUT2D eigenvalue weighted by Crippen LogP contribution is 2.22. The minimum atomic E-state index is -0.889. The number of aromatic nitrogens is 7. The topological polar surface area (TPSA) is 94.5 Å². The molecule has 4 aromatic rings. The van der Waals surface area contributed by atoms with E-state index in [0.29, 0.717) is 18.8 Å². The second-order valence-corrected chi connectivity index (χ2v) is 6.60. The van der Waals surface area contributed by atoms with Gasteiger partial charge in [-0.25, -0.2) is 14.3 Å². The molecule has 2 aromatic carbocycles. The van der Waals surface area contributed by atoms with Gasteiger partial charge in [0.25, 0.3) is 0 Å². The molecule has 8 nitrogen and oxygen atoms in total. The summed E-state index contributed by atoms with van der Waals surface area (Å²) < 4.78 is 3.53. The summed E-state index contributed by atoms with van der Waals surface area (Å²) in [6, 6.07) is 17.4. The van der Waals surface area contributed by atoms with Crippen LogP contribution in [0.15, 0.2) is 54.6 Å². The fourth-order valence-electron chi connectivity index (χ4n) is 3.08. The van der Waals surface area contributed by atoms with Crippen LogP contribution in [0.25, 0.3) is 5.69 Å². The van der Waals surface area contributed by atoms with E-state index in [0.717, 1.165) is 28.5 Å². The van der Waals surface area contributed by atoms with Crippen LogP contribution in [0, 0.1) is 13.8 Å². The molecule has 2 aromatic heterocycles. The summed E-state index contributed by atoms with van der Waals surface area (Å²) in [7, 11) is 0. The summed E-state index contributed by atoms with van der Waals surface area (Å²) in [4.78, 5) is 4.65. The lowest BCUT2D eigenvalue weighted by Crippen LogP contribution is -2.11. The quantitative estimate of drug-likeness (QED) is 0.555. The summed E-state index contributed by atoms with van der Waals surface area (Å²) in [5, 5.41) is 27.0. The highest BCUT2D eigenvalue weighted by Gasteiger charge is 2.20. The van der Waals surface area contributed by atoms with Gasteiger partial charge in [-0.1, -0.05) is 48.5 Å². The van der Waals surface area contributed by atoms with Crippen molar-refractivity contribution >= 4 is 0 Å². The number of nitrogens with zero attached hydrogens (tertiary/aromatic N) is 7. The Bertz CT molecular complexity index is 1070. The average Bonchev–Trinajstić information content (AvgIpc) is 3.33. The Morgan fingerprint density at radius 2 is 1.75 bits per heavy atom. The van der Waals surface area contributed by atoms with Crippen LogP contribution < -0.4 is 0 Å². The zero-order valence-corrected chi connectivity index (χ0v) is 15.8. The van der Waals surface area contributed by atoms with Crippen LogP contribution in [0.1, 0.15) is 34.7 Å². The molecule has 0 saturated heterocycles. The highest BCUT2D eigenvalue weighted by atomic mass is 16.3. The van der Waals surface area contributed by atoms with E-state index in [1.54, 1.807) is 9.36 Å². The standard InChI is InChI=1S/C20H21N7O/c1-14-8-6-7-11-17(14)27-18(12-13-26-15(2)22-24-25-26)21-20(23-27)19(28)16-9-4-3-5-10-16/h3-11,19,28H,12-13H2,1-2H3/t19-/m1/s1. The Balaban J connectivity index is 1.71. The summed E-state index contributed by atoms with van der Waals surface area (Å²) in [5.74, 6) is 1.86. The molecule has 1 atom stereocenters. The molecule has 0 saturated carbocycles. The van der Waals surface area contributed by atoms with Gasteiger partial charge in [0.05, 0.1) is 12.2 Å². The number of aliphatic hydroxyl groups excluding tert-OH is 1. The Kier molecular flexibility index (Phi) is 4.94. The lowest BCUT2D eigenvalue weighted by Gasteiger charge is -2.09. The van der Waals surface area contributed by atoms with Crippen LogP contribution >= 0.6 is 0 Å². The predicted octanol–water partition coefficient (Wildman–Crippen LogP) is 2.20.